The summed E-state index contributed by atoms with van der Waals surface area (Å²) in [5.41, 5.74) is -0.448. The maximum atomic E-state index is 12.2. The lowest BCUT2D eigenvalue weighted by Gasteiger charge is -2.46. The van der Waals surface area contributed by atoms with Crippen molar-refractivity contribution in [1.82, 2.24) is 5.32 Å². The van der Waals surface area contributed by atoms with Gasteiger partial charge in [-0.3, -0.25) is 4.79 Å². The van der Waals surface area contributed by atoms with Gasteiger partial charge in [0, 0.05) is 17.5 Å². The van der Waals surface area contributed by atoms with E-state index in [1.807, 2.05) is 27.7 Å². The minimum atomic E-state index is -4.70. The standard InChI is InChI=1S/C12H20F3NO/c1-10(2)6-8(7-11(3,4)16-10)5-9(17)12(13,14)15/h8,16H,5-7H2,1-4H3. The van der Waals surface area contributed by atoms with Crippen LogP contribution < -0.4 is 5.32 Å². The average molecular weight is 251 g/mol. The summed E-state index contributed by atoms with van der Waals surface area (Å²) in [7, 11) is 0. The molecular formula is C12H20F3NO. The molecule has 1 saturated heterocycles. The summed E-state index contributed by atoms with van der Waals surface area (Å²) < 4.78 is 36.7. The van der Waals surface area contributed by atoms with Gasteiger partial charge in [0.1, 0.15) is 0 Å². The van der Waals surface area contributed by atoms with Crippen LogP contribution in [-0.4, -0.2) is 23.0 Å². The number of hydrogen-bond acceptors (Lipinski definition) is 2. The zero-order chi connectivity index (χ0) is 13.5. The van der Waals surface area contributed by atoms with Crippen molar-refractivity contribution in [2.75, 3.05) is 0 Å². The van der Waals surface area contributed by atoms with Gasteiger partial charge in [0.15, 0.2) is 0 Å². The zero-order valence-corrected chi connectivity index (χ0v) is 10.7. The molecule has 0 aromatic heterocycles. The van der Waals surface area contributed by atoms with Crippen molar-refractivity contribution in [2.45, 2.75) is 64.2 Å². The number of piperidine rings is 1. The van der Waals surface area contributed by atoms with E-state index >= 15 is 0 Å². The predicted octanol–water partition coefficient (Wildman–Crippen LogP) is 3.06. The molecule has 1 rings (SSSR count). The molecule has 17 heavy (non-hydrogen) atoms. The molecule has 0 unspecified atom stereocenters. The second kappa shape index (κ2) is 4.26. The molecule has 0 aromatic rings. The first-order chi connectivity index (χ1) is 7.41. The van der Waals surface area contributed by atoms with Gasteiger partial charge in [-0.1, -0.05) is 0 Å². The van der Waals surface area contributed by atoms with Gasteiger partial charge in [-0.15, -0.1) is 0 Å². The second-order valence-electron chi connectivity index (χ2n) is 6.29. The van der Waals surface area contributed by atoms with Crippen LogP contribution in [-0.2, 0) is 4.79 Å². The van der Waals surface area contributed by atoms with Crippen LogP contribution in [0.4, 0.5) is 13.2 Å². The maximum absolute atomic E-state index is 12.2. The van der Waals surface area contributed by atoms with E-state index in [1.165, 1.54) is 0 Å². The Bertz CT molecular complexity index is 291. The van der Waals surface area contributed by atoms with E-state index in [0.717, 1.165) is 0 Å². The lowest BCUT2D eigenvalue weighted by Crippen LogP contribution is -2.58. The van der Waals surface area contributed by atoms with Crippen LogP contribution in [0.25, 0.3) is 0 Å². The Hall–Kier alpha value is -0.580. The number of ketones is 1. The van der Waals surface area contributed by atoms with E-state index in [2.05, 4.69) is 5.32 Å². The van der Waals surface area contributed by atoms with Gasteiger partial charge < -0.3 is 5.32 Å². The molecule has 1 fully saturated rings. The third-order valence-electron chi connectivity index (χ3n) is 3.06. The fourth-order valence-corrected chi connectivity index (χ4v) is 3.06. The smallest absolute Gasteiger partial charge is 0.307 e. The number of Topliss-reactive ketones (excluding diaryl/α,β-unsaturated/α-hetero) is 1. The van der Waals surface area contributed by atoms with Crippen molar-refractivity contribution in [3.05, 3.63) is 0 Å². The molecule has 1 aliphatic rings. The number of nitrogens with one attached hydrogen (secondary N) is 1. The highest BCUT2D eigenvalue weighted by molar-refractivity contribution is 5.84. The van der Waals surface area contributed by atoms with Gasteiger partial charge in [-0.05, 0) is 46.5 Å². The molecule has 0 spiro atoms. The molecule has 100 valence electrons. The van der Waals surface area contributed by atoms with Crippen LogP contribution in [0, 0.1) is 5.92 Å². The number of rotatable bonds is 2. The van der Waals surface area contributed by atoms with Gasteiger partial charge >= 0.3 is 6.18 Å². The van der Waals surface area contributed by atoms with Gasteiger partial charge in [0.2, 0.25) is 5.78 Å². The van der Waals surface area contributed by atoms with Gasteiger partial charge in [0.05, 0.1) is 0 Å². The quantitative estimate of drug-likeness (QED) is 0.817. The van der Waals surface area contributed by atoms with E-state index in [-0.39, 0.29) is 17.0 Å². The fraction of sp³-hybridized carbons (Fsp3) is 0.917. The molecule has 0 aromatic carbocycles. The Kier molecular flexibility index (Phi) is 3.63. The van der Waals surface area contributed by atoms with Crippen LogP contribution >= 0.6 is 0 Å². The number of carbonyl (C=O) groups excluding carboxylic acids is 1. The molecule has 1 aliphatic heterocycles. The maximum Gasteiger partial charge on any atom is 0.449 e. The first kappa shape index (κ1) is 14.5. The molecule has 1 heterocycles. The third-order valence-corrected chi connectivity index (χ3v) is 3.06. The van der Waals surface area contributed by atoms with Crippen LogP contribution in [0.2, 0.25) is 0 Å². The lowest BCUT2D eigenvalue weighted by atomic mass is 9.74. The molecule has 0 aliphatic carbocycles. The van der Waals surface area contributed by atoms with E-state index < -0.39 is 18.4 Å². The van der Waals surface area contributed by atoms with E-state index in [0.29, 0.717) is 12.8 Å². The SMILES string of the molecule is CC1(C)CC(CC(=O)C(F)(F)F)CC(C)(C)N1. The number of carbonyl (C=O) groups is 1. The largest absolute Gasteiger partial charge is 0.449 e. The van der Waals surface area contributed by atoms with Crippen LogP contribution in [0.15, 0.2) is 0 Å². The highest BCUT2D eigenvalue weighted by Crippen LogP contribution is 2.36. The van der Waals surface area contributed by atoms with Crippen molar-refractivity contribution in [3.63, 3.8) is 0 Å². The van der Waals surface area contributed by atoms with Crippen molar-refractivity contribution in [3.8, 4) is 0 Å². The van der Waals surface area contributed by atoms with E-state index in [1.54, 1.807) is 0 Å². The van der Waals surface area contributed by atoms with Gasteiger partial charge in [-0.2, -0.15) is 13.2 Å². The van der Waals surface area contributed by atoms with Crippen molar-refractivity contribution < 1.29 is 18.0 Å². The lowest BCUT2D eigenvalue weighted by molar-refractivity contribution is -0.172. The van der Waals surface area contributed by atoms with Crippen molar-refractivity contribution in [2.24, 2.45) is 5.92 Å². The molecule has 0 saturated carbocycles. The van der Waals surface area contributed by atoms with Crippen molar-refractivity contribution >= 4 is 5.78 Å². The van der Waals surface area contributed by atoms with Crippen molar-refractivity contribution in [1.29, 1.82) is 0 Å². The summed E-state index contributed by atoms with van der Waals surface area (Å²) in [6.07, 6.45) is -3.90. The predicted molar refractivity (Wildman–Crippen MR) is 59.7 cm³/mol. The minimum Gasteiger partial charge on any atom is -0.307 e. The van der Waals surface area contributed by atoms with E-state index in [9.17, 15) is 18.0 Å². The Labute approximate surface area is 100.0 Å². The monoisotopic (exact) mass is 251 g/mol. The topological polar surface area (TPSA) is 29.1 Å². The molecule has 0 bridgehead atoms. The van der Waals surface area contributed by atoms with Crippen LogP contribution in [0.3, 0.4) is 0 Å². The zero-order valence-electron chi connectivity index (χ0n) is 10.7. The number of alkyl halides is 3. The molecule has 1 N–H and O–H groups in total. The summed E-state index contributed by atoms with van der Waals surface area (Å²) >= 11 is 0. The molecule has 2 nitrogen and oxygen atoms in total. The number of hydrogen-bond donors (Lipinski definition) is 1. The van der Waals surface area contributed by atoms with E-state index in [4.69, 9.17) is 0 Å². The normalized spacial score (nSPS) is 24.6. The number of halogens is 3. The van der Waals surface area contributed by atoms with Crippen LogP contribution in [0.5, 0.6) is 0 Å². The molecule has 5 heteroatoms. The summed E-state index contributed by atoms with van der Waals surface area (Å²) in [5.74, 6) is -1.80. The molecule has 0 amide bonds. The van der Waals surface area contributed by atoms with Gasteiger partial charge in [0.25, 0.3) is 0 Å². The second-order valence-corrected chi connectivity index (χ2v) is 6.29. The minimum absolute atomic E-state index is 0.199. The Morgan fingerprint density at radius 1 is 1.18 bits per heavy atom. The summed E-state index contributed by atoms with van der Waals surface area (Å²) in [6, 6.07) is 0. The van der Waals surface area contributed by atoms with Crippen LogP contribution in [0.1, 0.15) is 47.0 Å². The first-order valence-electron chi connectivity index (χ1n) is 5.81. The Morgan fingerprint density at radius 3 is 1.94 bits per heavy atom. The summed E-state index contributed by atoms with van der Waals surface area (Å²) in [6.45, 7) is 7.83. The Balaban J connectivity index is 2.70. The Morgan fingerprint density at radius 2 is 1.59 bits per heavy atom. The molecular weight excluding hydrogens is 231 g/mol. The molecule has 0 radical (unpaired) electrons. The fourth-order valence-electron chi connectivity index (χ4n) is 3.06. The highest BCUT2D eigenvalue weighted by Gasteiger charge is 2.43. The summed E-state index contributed by atoms with van der Waals surface area (Å²) in [5, 5.41) is 3.38. The van der Waals surface area contributed by atoms with Gasteiger partial charge in [-0.25, -0.2) is 0 Å². The molecule has 0 atom stereocenters. The average Bonchev–Trinajstić information content (AvgIpc) is 1.94. The highest BCUT2D eigenvalue weighted by atomic mass is 19.4. The first-order valence-corrected chi connectivity index (χ1v) is 5.81. The summed E-state index contributed by atoms with van der Waals surface area (Å²) in [4.78, 5) is 11.0. The third kappa shape index (κ3) is 4.30.